The molecule has 4 rings (SSSR count). The summed E-state index contributed by atoms with van der Waals surface area (Å²) in [6, 6.07) is 18.8. The Morgan fingerprint density at radius 1 is 1.07 bits per heavy atom. The number of morpholine rings is 1. The lowest BCUT2D eigenvalue weighted by Crippen LogP contribution is -2.36. The summed E-state index contributed by atoms with van der Waals surface area (Å²) in [4.78, 5) is 13.9. The first kappa shape index (κ1) is 19.7. The summed E-state index contributed by atoms with van der Waals surface area (Å²) < 4.78 is 7.43. The van der Waals surface area contributed by atoms with E-state index in [4.69, 9.17) is 10.5 Å². The molecule has 1 aromatic heterocycles. The van der Waals surface area contributed by atoms with Crippen LogP contribution in [0.15, 0.2) is 54.1 Å². The van der Waals surface area contributed by atoms with Crippen LogP contribution < -0.4 is 10.6 Å². The number of aromatic nitrogens is 1. The van der Waals surface area contributed by atoms with Gasteiger partial charge in [-0.05, 0) is 59.2 Å². The summed E-state index contributed by atoms with van der Waals surface area (Å²) in [6.45, 7) is 5.11. The van der Waals surface area contributed by atoms with Crippen molar-refractivity contribution in [3.63, 3.8) is 0 Å². The number of benzene rings is 2. The van der Waals surface area contributed by atoms with Gasteiger partial charge in [-0.1, -0.05) is 18.2 Å². The Balaban J connectivity index is 1.70. The van der Waals surface area contributed by atoms with Crippen LogP contribution in [0.5, 0.6) is 0 Å². The van der Waals surface area contributed by atoms with Crippen LogP contribution in [0.4, 0.5) is 5.69 Å². The number of allylic oxidation sites excluding steroid dienone is 1. The molecule has 2 aromatic carbocycles. The van der Waals surface area contributed by atoms with Crippen molar-refractivity contribution in [2.24, 2.45) is 12.8 Å². The molecule has 1 amide bonds. The van der Waals surface area contributed by atoms with E-state index in [1.54, 1.807) is 6.92 Å². The van der Waals surface area contributed by atoms with Crippen molar-refractivity contribution in [3.05, 3.63) is 59.8 Å². The van der Waals surface area contributed by atoms with E-state index < -0.39 is 5.91 Å². The Bertz CT molecular complexity index is 1190. The van der Waals surface area contributed by atoms with Gasteiger partial charge in [-0.25, -0.2) is 0 Å². The van der Waals surface area contributed by atoms with E-state index >= 15 is 0 Å². The number of carbonyl (C=O) groups is 1. The average molecular weight is 400 g/mol. The molecule has 0 unspecified atom stereocenters. The van der Waals surface area contributed by atoms with E-state index in [1.807, 2.05) is 29.8 Å². The van der Waals surface area contributed by atoms with Crippen LogP contribution in [0.2, 0.25) is 0 Å². The van der Waals surface area contributed by atoms with E-state index in [0.717, 1.165) is 48.6 Å². The summed E-state index contributed by atoms with van der Waals surface area (Å²) in [6.07, 6.45) is 0. The van der Waals surface area contributed by atoms with E-state index in [2.05, 4.69) is 41.3 Å². The van der Waals surface area contributed by atoms with Crippen LogP contribution in [0.1, 0.15) is 12.6 Å². The topological polar surface area (TPSA) is 84.3 Å². The van der Waals surface area contributed by atoms with Crippen LogP contribution in [-0.4, -0.2) is 36.8 Å². The number of hydrogen-bond donors (Lipinski definition) is 1. The molecule has 6 heteroatoms. The van der Waals surface area contributed by atoms with Gasteiger partial charge in [0, 0.05) is 37.2 Å². The van der Waals surface area contributed by atoms with Crippen molar-refractivity contribution in [1.82, 2.24) is 4.57 Å². The number of hydrogen-bond acceptors (Lipinski definition) is 4. The predicted molar refractivity (Wildman–Crippen MR) is 119 cm³/mol. The quantitative estimate of drug-likeness (QED) is 0.537. The number of nitriles is 1. The maximum Gasteiger partial charge on any atom is 0.259 e. The van der Waals surface area contributed by atoms with Crippen molar-refractivity contribution >= 4 is 27.9 Å². The molecule has 6 nitrogen and oxygen atoms in total. The van der Waals surface area contributed by atoms with Gasteiger partial charge in [0.2, 0.25) is 0 Å². The van der Waals surface area contributed by atoms with Gasteiger partial charge in [-0.3, -0.25) is 4.79 Å². The molecule has 1 saturated heterocycles. The molecule has 1 fully saturated rings. The Labute approximate surface area is 175 Å². The average Bonchev–Trinajstić information content (AvgIpc) is 3.15. The zero-order valence-corrected chi connectivity index (χ0v) is 17.2. The van der Waals surface area contributed by atoms with Gasteiger partial charge in [0.1, 0.15) is 11.6 Å². The number of fused-ring (bicyclic) bond motifs is 1. The van der Waals surface area contributed by atoms with E-state index in [-0.39, 0.29) is 5.57 Å². The standard InChI is InChI=1S/C24H24N4O2/c1-16(21(15-25)24(26)29)22-7-8-23(27(22)2)19-4-3-18-14-20(6-5-17(18)13-19)28-9-11-30-12-10-28/h3-8,13-14H,9-12H2,1-2H3,(H2,26,29)/b21-16+. The minimum atomic E-state index is -0.709. The Morgan fingerprint density at radius 2 is 1.77 bits per heavy atom. The van der Waals surface area contributed by atoms with E-state index in [9.17, 15) is 10.1 Å². The third-order valence-electron chi connectivity index (χ3n) is 5.74. The van der Waals surface area contributed by atoms with Crippen molar-refractivity contribution < 1.29 is 9.53 Å². The van der Waals surface area contributed by atoms with Crippen molar-refractivity contribution in [2.45, 2.75) is 6.92 Å². The molecular formula is C24H24N4O2. The fraction of sp³-hybridized carbons (Fsp3) is 0.250. The monoisotopic (exact) mass is 400 g/mol. The van der Waals surface area contributed by atoms with Gasteiger partial charge in [0.15, 0.2) is 0 Å². The number of nitrogens with two attached hydrogens (primary N) is 1. The molecule has 30 heavy (non-hydrogen) atoms. The van der Waals surface area contributed by atoms with Crippen LogP contribution in [0, 0.1) is 11.3 Å². The molecule has 0 aliphatic carbocycles. The zero-order chi connectivity index (χ0) is 21.3. The molecule has 1 aliphatic rings. The van der Waals surface area contributed by atoms with Gasteiger partial charge in [-0.2, -0.15) is 5.26 Å². The Morgan fingerprint density at radius 3 is 2.47 bits per heavy atom. The summed E-state index contributed by atoms with van der Waals surface area (Å²) in [5.41, 5.74) is 9.99. The molecular weight excluding hydrogens is 376 g/mol. The van der Waals surface area contributed by atoms with Crippen LogP contribution >= 0.6 is 0 Å². The Kier molecular flexibility index (Phi) is 5.30. The molecule has 2 heterocycles. The van der Waals surface area contributed by atoms with E-state index in [1.165, 1.54) is 11.1 Å². The SMILES string of the molecule is C/C(=C(/C#N)C(N)=O)c1ccc(-c2ccc3cc(N4CCOCC4)ccc3c2)n1C. The molecule has 3 aromatic rings. The lowest BCUT2D eigenvalue weighted by Gasteiger charge is -2.29. The highest BCUT2D eigenvalue weighted by atomic mass is 16.5. The molecule has 0 radical (unpaired) electrons. The molecule has 0 bridgehead atoms. The summed E-state index contributed by atoms with van der Waals surface area (Å²) >= 11 is 0. The van der Waals surface area contributed by atoms with Gasteiger partial charge < -0.3 is 19.9 Å². The molecule has 0 atom stereocenters. The maximum absolute atomic E-state index is 11.5. The zero-order valence-electron chi connectivity index (χ0n) is 17.2. The highest BCUT2D eigenvalue weighted by molar-refractivity contribution is 6.03. The first-order valence-corrected chi connectivity index (χ1v) is 9.93. The van der Waals surface area contributed by atoms with Crippen LogP contribution in [0.25, 0.3) is 27.6 Å². The second-order valence-electron chi connectivity index (χ2n) is 7.48. The second-order valence-corrected chi connectivity index (χ2v) is 7.48. The number of amides is 1. The predicted octanol–water partition coefficient (Wildman–Crippen LogP) is 3.46. The maximum atomic E-state index is 11.5. The highest BCUT2D eigenvalue weighted by Gasteiger charge is 2.16. The van der Waals surface area contributed by atoms with Gasteiger partial charge >= 0.3 is 0 Å². The number of nitrogens with zero attached hydrogens (tertiary/aromatic N) is 3. The smallest absolute Gasteiger partial charge is 0.259 e. The first-order valence-electron chi connectivity index (χ1n) is 9.93. The number of anilines is 1. The second kappa shape index (κ2) is 8.05. The number of primary amides is 1. The minimum Gasteiger partial charge on any atom is -0.378 e. The lowest BCUT2D eigenvalue weighted by atomic mass is 10.0. The molecule has 1 aliphatic heterocycles. The third kappa shape index (κ3) is 3.56. The number of rotatable bonds is 4. The number of carbonyl (C=O) groups excluding carboxylic acids is 1. The minimum absolute atomic E-state index is 0.0168. The van der Waals surface area contributed by atoms with Crippen LogP contribution in [-0.2, 0) is 16.6 Å². The van der Waals surface area contributed by atoms with Crippen LogP contribution in [0.3, 0.4) is 0 Å². The summed E-state index contributed by atoms with van der Waals surface area (Å²) in [5, 5.41) is 11.6. The first-order chi connectivity index (χ1) is 14.5. The molecule has 2 N–H and O–H groups in total. The number of ether oxygens (including phenoxy) is 1. The highest BCUT2D eigenvalue weighted by Crippen LogP contribution is 2.30. The fourth-order valence-corrected chi connectivity index (χ4v) is 4.04. The third-order valence-corrected chi connectivity index (χ3v) is 5.74. The fourth-order valence-electron chi connectivity index (χ4n) is 4.04. The van der Waals surface area contributed by atoms with Crippen molar-refractivity contribution in [1.29, 1.82) is 5.26 Å². The van der Waals surface area contributed by atoms with Crippen molar-refractivity contribution in [2.75, 3.05) is 31.2 Å². The molecule has 0 saturated carbocycles. The van der Waals surface area contributed by atoms with Gasteiger partial charge in [0.25, 0.3) is 5.91 Å². The van der Waals surface area contributed by atoms with Gasteiger partial charge in [0.05, 0.1) is 13.2 Å². The largest absolute Gasteiger partial charge is 0.378 e. The summed E-state index contributed by atoms with van der Waals surface area (Å²) in [7, 11) is 1.93. The molecule has 0 spiro atoms. The summed E-state index contributed by atoms with van der Waals surface area (Å²) in [5.74, 6) is -0.709. The Hall–Kier alpha value is -3.56. The van der Waals surface area contributed by atoms with E-state index in [0.29, 0.717) is 5.57 Å². The molecule has 152 valence electrons. The van der Waals surface area contributed by atoms with Crippen molar-refractivity contribution in [3.8, 4) is 17.3 Å². The lowest BCUT2D eigenvalue weighted by molar-refractivity contribution is -0.114. The normalized spacial score (nSPS) is 15.0. The van der Waals surface area contributed by atoms with Gasteiger partial charge in [-0.15, -0.1) is 0 Å².